The van der Waals surface area contributed by atoms with E-state index in [1.54, 1.807) is 0 Å². The number of nitrogens with zero attached hydrogens (tertiary/aromatic N) is 1. The Labute approximate surface area is 119 Å². The lowest BCUT2D eigenvalue weighted by molar-refractivity contribution is -0.149. The average Bonchev–Trinajstić information content (AvgIpc) is 2.42. The topological polar surface area (TPSA) is 49.4 Å². The van der Waals surface area contributed by atoms with Crippen molar-refractivity contribution in [3.63, 3.8) is 0 Å². The van der Waals surface area contributed by atoms with Crippen LogP contribution >= 0.6 is 11.8 Å². The van der Waals surface area contributed by atoms with Crippen molar-refractivity contribution in [1.29, 1.82) is 0 Å². The summed E-state index contributed by atoms with van der Waals surface area (Å²) in [5.41, 5.74) is 0. The molecule has 4 nitrogen and oxygen atoms in total. The van der Waals surface area contributed by atoms with E-state index in [1.807, 2.05) is 30.5 Å². The lowest BCUT2D eigenvalue weighted by Gasteiger charge is -2.39. The van der Waals surface area contributed by atoms with Crippen LogP contribution in [0.2, 0.25) is 0 Å². The summed E-state index contributed by atoms with van der Waals surface area (Å²) in [6.45, 7) is 4.64. The molecule has 0 aromatic heterocycles. The first-order valence-corrected chi connectivity index (χ1v) is 8.47. The molecule has 2 amide bonds. The second-order valence-corrected chi connectivity index (χ2v) is 6.80. The van der Waals surface area contributed by atoms with Gasteiger partial charge < -0.3 is 10.2 Å². The number of thioether (sulfide) groups is 1. The quantitative estimate of drug-likeness (QED) is 0.854. The van der Waals surface area contributed by atoms with Gasteiger partial charge in [-0.3, -0.25) is 9.59 Å². The Morgan fingerprint density at radius 3 is 2.63 bits per heavy atom. The zero-order valence-corrected chi connectivity index (χ0v) is 12.7. The van der Waals surface area contributed by atoms with Gasteiger partial charge in [0.25, 0.3) is 0 Å². The van der Waals surface area contributed by atoms with E-state index in [0.29, 0.717) is 5.92 Å². The highest BCUT2D eigenvalue weighted by molar-refractivity contribution is 7.99. The molecule has 5 heteroatoms. The fourth-order valence-corrected chi connectivity index (χ4v) is 4.03. The van der Waals surface area contributed by atoms with Crippen LogP contribution in [0, 0.1) is 5.92 Å². The number of piperazine rings is 1. The molecule has 0 aromatic carbocycles. The van der Waals surface area contributed by atoms with Gasteiger partial charge in [-0.15, -0.1) is 0 Å². The number of carbonyl (C=O) groups is 2. The van der Waals surface area contributed by atoms with Crippen molar-refractivity contribution in [2.24, 2.45) is 5.92 Å². The van der Waals surface area contributed by atoms with Crippen LogP contribution in [0.15, 0.2) is 0 Å². The van der Waals surface area contributed by atoms with Crippen molar-refractivity contribution in [2.75, 3.05) is 18.1 Å². The van der Waals surface area contributed by atoms with Gasteiger partial charge in [0, 0.05) is 6.54 Å². The van der Waals surface area contributed by atoms with Crippen LogP contribution in [0.25, 0.3) is 0 Å². The van der Waals surface area contributed by atoms with Crippen LogP contribution < -0.4 is 5.32 Å². The van der Waals surface area contributed by atoms with E-state index in [4.69, 9.17) is 0 Å². The molecule has 2 atom stereocenters. The number of hydrogen-bond acceptors (Lipinski definition) is 3. The summed E-state index contributed by atoms with van der Waals surface area (Å²) in [5, 5.41) is 2.85. The average molecular weight is 284 g/mol. The summed E-state index contributed by atoms with van der Waals surface area (Å²) >= 11 is 1.99. The first kappa shape index (κ1) is 14.7. The standard InChI is InChI=1S/C14H24N2O2S/c1-3-4-12-14(18)16(10(2)13(17)15-12)9-11-5-7-19-8-6-11/h10-12H,3-9H2,1-2H3,(H,15,17). The molecule has 2 aliphatic heterocycles. The van der Waals surface area contributed by atoms with Gasteiger partial charge in [-0.1, -0.05) is 13.3 Å². The van der Waals surface area contributed by atoms with Crippen LogP contribution in [-0.2, 0) is 9.59 Å². The van der Waals surface area contributed by atoms with Crippen molar-refractivity contribution < 1.29 is 9.59 Å². The van der Waals surface area contributed by atoms with Gasteiger partial charge in [-0.25, -0.2) is 0 Å². The van der Waals surface area contributed by atoms with E-state index in [0.717, 1.165) is 19.4 Å². The number of amides is 2. The molecule has 0 saturated carbocycles. The molecule has 0 aromatic rings. The van der Waals surface area contributed by atoms with Gasteiger partial charge in [-0.05, 0) is 43.6 Å². The van der Waals surface area contributed by atoms with E-state index in [9.17, 15) is 9.59 Å². The highest BCUT2D eigenvalue weighted by Gasteiger charge is 2.38. The molecule has 2 aliphatic rings. The van der Waals surface area contributed by atoms with E-state index < -0.39 is 0 Å². The molecule has 108 valence electrons. The van der Waals surface area contributed by atoms with E-state index in [-0.39, 0.29) is 23.9 Å². The fraction of sp³-hybridized carbons (Fsp3) is 0.857. The van der Waals surface area contributed by atoms with Gasteiger partial charge in [0.2, 0.25) is 11.8 Å². The number of rotatable bonds is 4. The van der Waals surface area contributed by atoms with Crippen molar-refractivity contribution in [3.8, 4) is 0 Å². The molecular weight excluding hydrogens is 260 g/mol. The minimum Gasteiger partial charge on any atom is -0.343 e. The van der Waals surface area contributed by atoms with Crippen molar-refractivity contribution in [3.05, 3.63) is 0 Å². The second-order valence-electron chi connectivity index (χ2n) is 5.57. The van der Waals surface area contributed by atoms with Gasteiger partial charge in [-0.2, -0.15) is 11.8 Å². The molecular formula is C14H24N2O2S. The molecule has 0 spiro atoms. The highest BCUT2D eigenvalue weighted by atomic mass is 32.2. The van der Waals surface area contributed by atoms with Gasteiger partial charge in [0.15, 0.2) is 0 Å². The maximum absolute atomic E-state index is 12.5. The highest BCUT2D eigenvalue weighted by Crippen LogP contribution is 2.25. The third kappa shape index (κ3) is 3.44. The van der Waals surface area contributed by atoms with E-state index >= 15 is 0 Å². The molecule has 2 heterocycles. The third-order valence-corrected chi connectivity index (χ3v) is 5.17. The Bertz CT molecular complexity index is 342. The van der Waals surface area contributed by atoms with Crippen LogP contribution in [-0.4, -0.2) is 46.8 Å². The first-order chi connectivity index (χ1) is 9.13. The predicted molar refractivity (Wildman–Crippen MR) is 78.1 cm³/mol. The predicted octanol–water partition coefficient (Wildman–Crippen LogP) is 1.65. The summed E-state index contributed by atoms with van der Waals surface area (Å²) in [4.78, 5) is 26.2. The smallest absolute Gasteiger partial charge is 0.245 e. The first-order valence-electron chi connectivity index (χ1n) is 7.32. The summed E-state index contributed by atoms with van der Waals surface area (Å²) in [7, 11) is 0. The lowest BCUT2D eigenvalue weighted by Crippen LogP contribution is -2.63. The molecule has 2 unspecified atom stereocenters. The maximum atomic E-state index is 12.5. The minimum atomic E-state index is -0.310. The Balaban J connectivity index is 2.02. The maximum Gasteiger partial charge on any atom is 0.245 e. The van der Waals surface area contributed by atoms with Crippen molar-refractivity contribution >= 4 is 23.6 Å². The monoisotopic (exact) mass is 284 g/mol. The van der Waals surface area contributed by atoms with Crippen LogP contribution in [0.3, 0.4) is 0 Å². The molecule has 19 heavy (non-hydrogen) atoms. The number of carbonyl (C=O) groups excluding carboxylic acids is 2. The molecule has 2 saturated heterocycles. The summed E-state index contributed by atoms with van der Waals surface area (Å²) in [6.07, 6.45) is 4.00. The number of nitrogens with one attached hydrogen (secondary N) is 1. The summed E-state index contributed by atoms with van der Waals surface area (Å²) < 4.78 is 0. The summed E-state index contributed by atoms with van der Waals surface area (Å²) in [5.74, 6) is 3.06. The normalized spacial score (nSPS) is 29.5. The Morgan fingerprint density at radius 1 is 1.32 bits per heavy atom. The summed E-state index contributed by atoms with van der Waals surface area (Å²) in [6, 6.07) is -0.609. The molecule has 1 N–H and O–H groups in total. The minimum absolute atomic E-state index is 0.00299. The lowest BCUT2D eigenvalue weighted by atomic mass is 9.98. The third-order valence-electron chi connectivity index (χ3n) is 4.12. The van der Waals surface area contributed by atoms with Gasteiger partial charge in [0.05, 0.1) is 0 Å². The molecule has 0 radical (unpaired) electrons. The molecule has 2 rings (SSSR count). The van der Waals surface area contributed by atoms with Gasteiger partial charge in [0.1, 0.15) is 12.1 Å². The van der Waals surface area contributed by atoms with Gasteiger partial charge >= 0.3 is 0 Å². The van der Waals surface area contributed by atoms with Crippen LogP contribution in [0.5, 0.6) is 0 Å². The van der Waals surface area contributed by atoms with Crippen LogP contribution in [0.1, 0.15) is 39.5 Å². The van der Waals surface area contributed by atoms with E-state index in [2.05, 4.69) is 5.32 Å². The largest absolute Gasteiger partial charge is 0.343 e. The second kappa shape index (κ2) is 6.64. The zero-order valence-electron chi connectivity index (χ0n) is 11.9. The molecule has 0 bridgehead atoms. The molecule has 0 aliphatic carbocycles. The fourth-order valence-electron chi connectivity index (χ4n) is 2.83. The Morgan fingerprint density at radius 2 is 2.00 bits per heavy atom. The molecule has 2 fully saturated rings. The zero-order chi connectivity index (χ0) is 13.8. The van der Waals surface area contributed by atoms with E-state index in [1.165, 1.54) is 24.3 Å². The number of hydrogen-bond donors (Lipinski definition) is 1. The Hall–Kier alpha value is -0.710. The van der Waals surface area contributed by atoms with Crippen molar-refractivity contribution in [1.82, 2.24) is 10.2 Å². The van der Waals surface area contributed by atoms with Crippen LogP contribution in [0.4, 0.5) is 0 Å². The van der Waals surface area contributed by atoms with Crippen molar-refractivity contribution in [2.45, 2.75) is 51.6 Å². The SMILES string of the molecule is CCCC1NC(=O)C(C)N(CC2CCSCC2)C1=O. The Kier molecular flexibility index (Phi) is 5.13.